The number of rotatable bonds is 6. The molecule has 2 heterocycles. The molecule has 0 atom stereocenters. The van der Waals surface area contributed by atoms with Gasteiger partial charge in [-0.3, -0.25) is 9.59 Å². The predicted octanol–water partition coefficient (Wildman–Crippen LogP) is 3.59. The van der Waals surface area contributed by atoms with Crippen molar-refractivity contribution in [3.8, 4) is 0 Å². The molecule has 1 aromatic heterocycles. The molecule has 0 unspecified atom stereocenters. The number of aromatic nitrogens is 1. The van der Waals surface area contributed by atoms with Gasteiger partial charge in [-0.1, -0.05) is 47.1 Å². The first-order chi connectivity index (χ1) is 12.4. The van der Waals surface area contributed by atoms with Crippen molar-refractivity contribution in [1.29, 1.82) is 0 Å². The molecule has 1 aromatic carbocycles. The molecule has 0 radical (unpaired) electrons. The summed E-state index contributed by atoms with van der Waals surface area (Å²) < 4.78 is 0.757. The maximum absolute atomic E-state index is 12.2. The fourth-order valence-electron chi connectivity index (χ4n) is 2.28. The van der Waals surface area contributed by atoms with Gasteiger partial charge in [-0.25, -0.2) is 9.78 Å². The van der Waals surface area contributed by atoms with Gasteiger partial charge < -0.3 is 4.84 Å². The zero-order chi connectivity index (χ0) is 18.8. The number of carbonyl (C=O) groups is 3. The van der Waals surface area contributed by atoms with Gasteiger partial charge in [0.2, 0.25) is 0 Å². The summed E-state index contributed by atoms with van der Waals surface area (Å²) in [6.45, 7) is 5.39. The maximum Gasteiger partial charge on any atom is 0.338 e. The maximum atomic E-state index is 12.2. The highest BCUT2D eigenvalue weighted by atomic mass is 35.5. The van der Waals surface area contributed by atoms with E-state index in [4.69, 9.17) is 16.4 Å². The monoisotopic (exact) mass is 408 g/mol. The van der Waals surface area contributed by atoms with E-state index in [1.54, 1.807) is 19.1 Å². The Bertz CT molecular complexity index is 890. The third-order valence-corrected chi connectivity index (χ3v) is 6.16. The van der Waals surface area contributed by atoms with Crippen LogP contribution in [-0.4, -0.2) is 33.6 Å². The van der Waals surface area contributed by atoms with Gasteiger partial charge in [0.25, 0.3) is 11.8 Å². The normalized spacial score (nSPS) is 13.1. The second-order valence-electron chi connectivity index (χ2n) is 5.38. The van der Waals surface area contributed by atoms with Crippen LogP contribution in [-0.2, 0) is 16.1 Å². The van der Waals surface area contributed by atoms with E-state index in [0.29, 0.717) is 26.4 Å². The standard InChI is InChI=1S/C17H13ClN2O4S2/c1-9(18)8-25-17-19-10(2)13(26-17)7-14(21)24-20-15(22)11-5-3-4-6-12(11)16(20)23/h3-6H,1,7-8H2,2H3. The van der Waals surface area contributed by atoms with Gasteiger partial charge in [0.1, 0.15) is 0 Å². The third-order valence-electron chi connectivity index (χ3n) is 3.48. The van der Waals surface area contributed by atoms with Crippen molar-refractivity contribution in [2.75, 3.05) is 5.75 Å². The predicted molar refractivity (Wildman–Crippen MR) is 99.3 cm³/mol. The summed E-state index contributed by atoms with van der Waals surface area (Å²) in [4.78, 5) is 46.7. The van der Waals surface area contributed by atoms with Crippen molar-refractivity contribution < 1.29 is 19.2 Å². The number of carbonyl (C=O) groups excluding carboxylic acids is 3. The molecule has 9 heteroatoms. The minimum Gasteiger partial charge on any atom is -0.329 e. The van der Waals surface area contributed by atoms with E-state index in [1.807, 2.05) is 0 Å². The van der Waals surface area contributed by atoms with Crippen LogP contribution in [0.3, 0.4) is 0 Å². The number of halogens is 1. The van der Waals surface area contributed by atoms with Gasteiger partial charge in [0.05, 0.1) is 23.2 Å². The Morgan fingerprint density at radius 3 is 2.50 bits per heavy atom. The van der Waals surface area contributed by atoms with Crippen LogP contribution in [0.1, 0.15) is 31.3 Å². The summed E-state index contributed by atoms with van der Waals surface area (Å²) in [6, 6.07) is 6.32. The zero-order valence-electron chi connectivity index (χ0n) is 13.7. The lowest BCUT2D eigenvalue weighted by Crippen LogP contribution is -2.33. The Labute approximate surface area is 162 Å². The van der Waals surface area contributed by atoms with Crippen LogP contribution in [0.4, 0.5) is 0 Å². The minimum absolute atomic E-state index is 0.0840. The fourth-order valence-corrected chi connectivity index (χ4v) is 4.42. The third kappa shape index (κ3) is 3.82. The smallest absolute Gasteiger partial charge is 0.329 e. The van der Waals surface area contributed by atoms with E-state index in [9.17, 15) is 14.4 Å². The zero-order valence-corrected chi connectivity index (χ0v) is 16.0. The number of hydrogen-bond acceptors (Lipinski definition) is 7. The Hall–Kier alpha value is -2.16. The highest BCUT2D eigenvalue weighted by Gasteiger charge is 2.38. The molecule has 1 aliphatic rings. The molecule has 26 heavy (non-hydrogen) atoms. The van der Waals surface area contributed by atoms with Gasteiger partial charge in [-0.15, -0.1) is 11.3 Å². The summed E-state index contributed by atoms with van der Waals surface area (Å²) in [5, 5.41) is 1.02. The van der Waals surface area contributed by atoms with E-state index in [2.05, 4.69) is 11.6 Å². The Morgan fingerprint density at radius 1 is 1.31 bits per heavy atom. The Morgan fingerprint density at radius 2 is 1.92 bits per heavy atom. The average Bonchev–Trinajstić information content (AvgIpc) is 3.06. The van der Waals surface area contributed by atoms with E-state index >= 15 is 0 Å². The van der Waals surface area contributed by atoms with Crippen LogP contribution in [0.25, 0.3) is 0 Å². The van der Waals surface area contributed by atoms with Crippen LogP contribution in [0.5, 0.6) is 0 Å². The largest absolute Gasteiger partial charge is 0.338 e. The first-order valence-corrected chi connectivity index (χ1v) is 9.66. The van der Waals surface area contributed by atoms with Crippen molar-refractivity contribution in [3.63, 3.8) is 0 Å². The number of imide groups is 1. The number of thioether (sulfide) groups is 1. The molecule has 0 bridgehead atoms. The lowest BCUT2D eigenvalue weighted by molar-refractivity contribution is -0.167. The van der Waals surface area contributed by atoms with E-state index in [-0.39, 0.29) is 17.5 Å². The fraction of sp³-hybridized carbons (Fsp3) is 0.176. The molecule has 0 N–H and O–H groups in total. The number of nitrogens with zero attached hydrogens (tertiary/aromatic N) is 2. The van der Waals surface area contributed by atoms with Crippen LogP contribution in [0.2, 0.25) is 0 Å². The number of amides is 2. The number of fused-ring (bicyclic) bond motifs is 1. The molecule has 0 saturated carbocycles. The SMILES string of the molecule is C=C(Cl)CSc1nc(C)c(CC(=O)ON2C(=O)c3ccccc3C2=O)s1. The van der Waals surface area contributed by atoms with Gasteiger partial charge in [0, 0.05) is 15.7 Å². The molecule has 0 fully saturated rings. The summed E-state index contributed by atoms with van der Waals surface area (Å²) in [5.74, 6) is -1.47. The van der Waals surface area contributed by atoms with Crippen molar-refractivity contribution >= 4 is 52.5 Å². The molecule has 0 aliphatic carbocycles. The number of aryl methyl sites for hydroxylation is 1. The summed E-state index contributed by atoms with van der Waals surface area (Å²) in [7, 11) is 0. The highest BCUT2D eigenvalue weighted by molar-refractivity contribution is 8.01. The van der Waals surface area contributed by atoms with Crippen LogP contribution in [0, 0.1) is 6.92 Å². The Kier molecular flexibility index (Phi) is 5.45. The highest BCUT2D eigenvalue weighted by Crippen LogP contribution is 2.30. The van der Waals surface area contributed by atoms with Crippen molar-refractivity contribution in [2.24, 2.45) is 0 Å². The minimum atomic E-state index is -0.704. The lowest BCUT2D eigenvalue weighted by atomic mass is 10.1. The van der Waals surface area contributed by atoms with Gasteiger partial charge in [-0.05, 0) is 19.1 Å². The molecule has 134 valence electrons. The Balaban J connectivity index is 1.66. The van der Waals surface area contributed by atoms with Crippen LogP contribution >= 0.6 is 34.7 Å². The second kappa shape index (κ2) is 7.61. The van der Waals surface area contributed by atoms with Crippen LogP contribution < -0.4 is 0 Å². The first kappa shape index (κ1) is 18.6. The second-order valence-corrected chi connectivity index (χ2v) is 8.23. The van der Waals surface area contributed by atoms with Gasteiger partial charge in [-0.2, -0.15) is 0 Å². The van der Waals surface area contributed by atoms with Gasteiger partial charge >= 0.3 is 5.97 Å². The molecule has 6 nitrogen and oxygen atoms in total. The van der Waals surface area contributed by atoms with Gasteiger partial charge in [0.15, 0.2) is 4.34 Å². The number of benzene rings is 1. The summed E-state index contributed by atoms with van der Waals surface area (Å²) >= 11 is 8.50. The number of hydroxylamine groups is 2. The molecule has 3 rings (SSSR count). The van der Waals surface area contributed by atoms with Crippen molar-refractivity contribution in [1.82, 2.24) is 10.0 Å². The number of hydrogen-bond donors (Lipinski definition) is 0. The van der Waals surface area contributed by atoms with E-state index < -0.39 is 17.8 Å². The van der Waals surface area contributed by atoms with Crippen molar-refractivity contribution in [3.05, 3.63) is 57.6 Å². The first-order valence-electron chi connectivity index (χ1n) is 7.48. The summed E-state index contributed by atoms with van der Waals surface area (Å²) in [5.41, 5.74) is 1.13. The molecule has 2 amide bonds. The molecule has 1 aliphatic heterocycles. The van der Waals surface area contributed by atoms with Crippen LogP contribution in [0.15, 0.2) is 40.2 Å². The van der Waals surface area contributed by atoms with E-state index in [0.717, 1.165) is 4.34 Å². The molecule has 2 aromatic rings. The summed E-state index contributed by atoms with van der Waals surface area (Å²) in [6.07, 6.45) is -0.0840. The quantitative estimate of drug-likeness (QED) is 0.537. The topological polar surface area (TPSA) is 76.6 Å². The number of thiazole rings is 1. The molecule has 0 saturated heterocycles. The van der Waals surface area contributed by atoms with E-state index in [1.165, 1.54) is 35.2 Å². The van der Waals surface area contributed by atoms with Crippen molar-refractivity contribution in [2.45, 2.75) is 17.7 Å². The molecular formula is C17H13ClN2O4S2. The average molecular weight is 409 g/mol. The molecule has 0 spiro atoms. The lowest BCUT2D eigenvalue weighted by Gasteiger charge is -2.12. The molecular weight excluding hydrogens is 396 g/mol.